The fourth-order valence-electron chi connectivity index (χ4n) is 2.80. The van der Waals surface area contributed by atoms with Crippen LogP contribution in [-0.2, 0) is 16.1 Å². The highest BCUT2D eigenvalue weighted by Gasteiger charge is 2.65. The fourth-order valence-corrected chi connectivity index (χ4v) is 2.80. The van der Waals surface area contributed by atoms with Crippen LogP contribution in [0.15, 0.2) is 29.0 Å². The Morgan fingerprint density at radius 2 is 2.17 bits per heavy atom. The number of rotatable bonds is 5. The molecule has 2 aromatic heterocycles. The summed E-state index contributed by atoms with van der Waals surface area (Å²) in [5.41, 5.74) is 0.175. The van der Waals surface area contributed by atoms with E-state index in [9.17, 15) is 9.59 Å². The number of carboxylic acids is 1. The number of pyridine rings is 1. The molecule has 2 heterocycles. The Balaban J connectivity index is 1.61. The van der Waals surface area contributed by atoms with E-state index in [0.29, 0.717) is 11.4 Å². The van der Waals surface area contributed by atoms with Gasteiger partial charge in [-0.3, -0.25) is 14.6 Å². The van der Waals surface area contributed by atoms with Gasteiger partial charge in [0.25, 0.3) is 0 Å². The number of amides is 1. The summed E-state index contributed by atoms with van der Waals surface area (Å²) < 4.78 is 5.08. The maximum absolute atomic E-state index is 12.1. The van der Waals surface area contributed by atoms with E-state index < -0.39 is 23.2 Å². The first kappa shape index (κ1) is 15.1. The Kier molecular flexibility index (Phi) is 3.59. The Morgan fingerprint density at radius 1 is 1.39 bits per heavy atom. The maximum Gasteiger partial charge on any atom is 0.307 e. The maximum atomic E-state index is 12.1. The van der Waals surface area contributed by atoms with Gasteiger partial charge in [0.15, 0.2) is 0 Å². The first-order valence-corrected chi connectivity index (χ1v) is 7.14. The van der Waals surface area contributed by atoms with Crippen LogP contribution in [-0.4, -0.2) is 32.1 Å². The molecule has 8 heteroatoms. The molecule has 1 aliphatic carbocycles. The van der Waals surface area contributed by atoms with Crippen molar-refractivity contribution in [3.63, 3.8) is 0 Å². The van der Waals surface area contributed by atoms with Crippen LogP contribution in [0.3, 0.4) is 0 Å². The van der Waals surface area contributed by atoms with E-state index in [-0.39, 0.29) is 18.3 Å². The van der Waals surface area contributed by atoms with Crippen LogP contribution < -0.4 is 5.32 Å². The van der Waals surface area contributed by atoms with Gasteiger partial charge >= 0.3 is 5.97 Å². The molecule has 1 fully saturated rings. The summed E-state index contributed by atoms with van der Waals surface area (Å²) in [6.45, 7) is 3.59. The van der Waals surface area contributed by atoms with Crippen molar-refractivity contribution in [1.82, 2.24) is 20.4 Å². The van der Waals surface area contributed by atoms with Gasteiger partial charge < -0.3 is 14.9 Å². The van der Waals surface area contributed by atoms with Crippen LogP contribution in [0.25, 0.3) is 11.4 Å². The average Bonchev–Trinajstić information content (AvgIpc) is 2.88. The number of aromatic nitrogens is 3. The van der Waals surface area contributed by atoms with Crippen LogP contribution >= 0.6 is 0 Å². The largest absolute Gasteiger partial charge is 0.481 e. The minimum Gasteiger partial charge on any atom is -0.481 e. The van der Waals surface area contributed by atoms with Gasteiger partial charge in [-0.15, -0.1) is 0 Å². The van der Waals surface area contributed by atoms with Crippen molar-refractivity contribution in [2.45, 2.75) is 20.4 Å². The number of hydrogen-bond acceptors (Lipinski definition) is 6. The Morgan fingerprint density at radius 3 is 2.78 bits per heavy atom. The minimum atomic E-state index is -0.952. The summed E-state index contributed by atoms with van der Waals surface area (Å²) in [4.78, 5) is 31.4. The van der Waals surface area contributed by atoms with E-state index >= 15 is 0 Å². The molecule has 0 bridgehead atoms. The molecule has 0 saturated heterocycles. The Labute approximate surface area is 131 Å². The molecular weight excluding hydrogens is 300 g/mol. The van der Waals surface area contributed by atoms with Gasteiger partial charge in [-0.25, -0.2) is 0 Å². The normalized spacial score (nSPS) is 21.7. The molecule has 2 atom stereocenters. The quantitative estimate of drug-likeness (QED) is 0.848. The highest BCUT2D eigenvalue weighted by atomic mass is 16.5. The summed E-state index contributed by atoms with van der Waals surface area (Å²) in [6.07, 6.45) is 3.25. The van der Waals surface area contributed by atoms with Gasteiger partial charge in [0.2, 0.25) is 17.6 Å². The van der Waals surface area contributed by atoms with Crippen LogP contribution in [0.1, 0.15) is 19.7 Å². The standard InChI is InChI=1S/C15H16N4O4/c1-15(2)10(11(15)14(21)22)13(20)17-7-9-18-12(19-23-9)8-4-3-5-16-6-8/h3-6,10-11H,7H2,1-2H3,(H,17,20)(H,21,22)/t10-,11+/m0/s1. The predicted molar refractivity (Wildman–Crippen MR) is 77.8 cm³/mol. The first-order chi connectivity index (χ1) is 10.9. The van der Waals surface area contributed by atoms with Crippen LogP contribution in [0.5, 0.6) is 0 Å². The molecule has 0 aliphatic heterocycles. The molecule has 0 spiro atoms. The number of carboxylic acid groups (broad SMARTS) is 1. The summed E-state index contributed by atoms with van der Waals surface area (Å²) in [6, 6.07) is 3.55. The molecule has 1 aliphatic rings. The van der Waals surface area contributed by atoms with E-state index in [0.717, 1.165) is 0 Å². The minimum absolute atomic E-state index is 0.0605. The monoisotopic (exact) mass is 316 g/mol. The van der Waals surface area contributed by atoms with Crippen molar-refractivity contribution >= 4 is 11.9 Å². The predicted octanol–water partition coefficient (Wildman–Crippen LogP) is 1.10. The smallest absolute Gasteiger partial charge is 0.307 e. The van der Waals surface area contributed by atoms with Gasteiger partial charge in [-0.2, -0.15) is 4.98 Å². The van der Waals surface area contributed by atoms with E-state index in [1.54, 1.807) is 38.4 Å². The van der Waals surface area contributed by atoms with Gasteiger partial charge in [0, 0.05) is 18.0 Å². The lowest BCUT2D eigenvalue weighted by atomic mass is 10.1. The fraction of sp³-hybridized carbons (Fsp3) is 0.400. The second-order valence-corrected chi connectivity index (χ2v) is 6.09. The van der Waals surface area contributed by atoms with Crippen molar-refractivity contribution in [2.75, 3.05) is 0 Å². The summed E-state index contributed by atoms with van der Waals surface area (Å²) >= 11 is 0. The number of aliphatic carboxylic acids is 1. The van der Waals surface area contributed by atoms with Crippen molar-refractivity contribution in [3.05, 3.63) is 30.4 Å². The summed E-state index contributed by atoms with van der Waals surface area (Å²) in [7, 11) is 0. The van der Waals surface area contributed by atoms with E-state index in [2.05, 4.69) is 20.4 Å². The highest BCUT2D eigenvalue weighted by Crippen LogP contribution is 2.58. The molecule has 3 rings (SSSR count). The molecule has 0 unspecified atom stereocenters. The van der Waals surface area contributed by atoms with Crippen LogP contribution in [0, 0.1) is 17.3 Å². The lowest BCUT2D eigenvalue weighted by Gasteiger charge is -2.02. The molecule has 1 saturated carbocycles. The molecule has 2 N–H and O–H groups in total. The second-order valence-electron chi connectivity index (χ2n) is 6.09. The summed E-state index contributed by atoms with van der Waals surface area (Å²) in [5.74, 6) is -1.83. The number of hydrogen-bond donors (Lipinski definition) is 2. The van der Waals surface area contributed by atoms with Crippen molar-refractivity contribution in [1.29, 1.82) is 0 Å². The van der Waals surface area contributed by atoms with Crippen molar-refractivity contribution in [2.24, 2.45) is 17.3 Å². The zero-order valence-corrected chi connectivity index (χ0v) is 12.7. The number of carbonyl (C=O) groups excluding carboxylic acids is 1. The molecule has 120 valence electrons. The lowest BCUT2D eigenvalue weighted by Crippen LogP contribution is -2.27. The summed E-state index contributed by atoms with van der Waals surface area (Å²) in [5, 5.41) is 15.6. The van der Waals surface area contributed by atoms with E-state index in [1.165, 1.54) is 0 Å². The van der Waals surface area contributed by atoms with Crippen molar-refractivity contribution in [3.8, 4) is 11.4 Å². The third-order valence-electron chi connectivity index (χ3n) is 4.18. The Bertz CT molecular complexity index is 741. The SMILES string of the molecule is CC1(C)[C@H](C(=O)NCc2nc(-c3cccnc3)no2)[C@@H]1C(=O)O. The molecular formula is C15H16N4O4. The van der Waals surface area contributed by atoms with E-state index in [4.69, 9.17) is 9.63 Å². The lowest BCUT2D eigenvalue weighted by molar-refractivity contribution is -0.140. The van der Waals surface area contributed by atoms with Crippen LogP contribution in [0.4, 0.5) is 0 Å². The molecule has 0 aromatic carbocycles. The molecule has 1 amide bonds. The average molecular weight is 316 g/mol. The number of nitrogens with one attached hydrogen (secondary N) is 1. The first-order valence-electron chi connectivity index (χ1n) is 7.14. The molecule has 0 radical (unpaired) electrons. The van der Waals surface area contributed by atoms with Gasteiger partial charge in [-0.1, -0.05) is 19.0 Å². The topological polar surface area (TPSA) is 118 Å². The van der Waals surface area contributed by atoms with Gasteiger partial charge in [0.1, 0.15) is 0 Å². The van der Waals surface area contributed by atoms with Gasteiger partial charge in [-0.05, 0) is 17.5 Å². The van der Waals surface area contributed by atoms with E-state index in [1.807, 2.05) is 0 Å². The highest BCUT2D eigenvalue weighted by molar-refractivity contribution is 5.91. The third-order valence-corrected chi connectivity index (χ3v) is 4.18. The molecule has 8 nitrogen and oxygen atoms in total. The van der Waals surface area contributed by atoms with Crippen LogP contribution in [0.2, 0.25) is 0 Å². The zero-order chi connectivity index (χ0) is 16.6. The van der Waals surface area contributed by atoms with Gasteiger partial charge in [0.05, 0.1) is 18.4 Å². The Hall–Kier alpha value is -2.77. The van der Waals surface area contributed by atoms with Crippen molar-refractivity contribution < 1.29 is 19.2 Å². The molecule has 2 aromatic rings. The number of nitrogens with zero attached hydrogens (tertiary/aromatic N) is 3. The number of carbonyl (C=O) groups is 2. The zero-order valence-electron chi connectivity index (χ0n) is 12.7. The third kappa shape index (κ3) is 2.79. The molecule has 23 heavy (non-hydrogen) atoms. The second kappa shape index (κ2) is 5.45.